The summed E-state index contributed by atoms with van der Waals surface area (Å²) in [7, 11) is -2.53. The van der Waals surface area contributed by atoms with Crippen LogP contribution in [0.1, 0.15) is 26.3 Å². The normalized spacial score (nSPS) is 12.0. The molecule has 0 aliphatic heterocycles. The molecule has 0 atom stereocenters. The summed E-state index contributed by atoms with van der Waals surface area (Å²) in [5.41, 5.74) is -0.0427. The molecule has 9 nitrogen and oxygen atoms in total. The lowest BCUT2D eigenvalue weighted by molar-refractivity contribution is 0.0759. The second-order valence-corrected chi connectivity index (χ2v) is 11.8. The van der Waals surface area contributed by atoms with Gasteiger partial charge in [0.2, 0.25) is 5.95 Å². The monoisotopic (exact) mass is 518 g/mol. The van der Waals surface area contributed by atoms with Crippen LogP contribution in [0.25, 0.3) is 21.9 Å². The van der Waals surface area contributed by atoms with Gasteiger partial charge in [-0.05, 0) is 51.1 Å². The van der Waals surface area contributed by atoms with Gasteiger partial charge in [-0.1, -0.05) is 5.16 Å². The van der Waals surface area contributed by atoms with Crippen LogP contribution >= 0.6 is 11.3 Å². The van der Waals surface area contributed by atoms with Gasteiger partial charge in [-0.15, -0.1) is 11.3 Å². The largest absolute Gasteiger partial charge is 0.444 e. The van der Waals surface area contributed by atoms with Gasteiger partial charge in [-0.25, -0.2) is 13.8 Å². The Kier molecular flexibility index (Phi) is 6.52. The quantitative estimate of drug-likeness (QED) is 0.330. The van der Waals surface area contributed by atoms with Crippen molar-refractivity contribution in [2.45, 2.75) is 37.1 Å². The molecule has 0 spiro atoms. The molecule has 0 aliphatic rings. The number of rotatable bonds is 6. The van der Waals surface area contributed by atoms with Crippen LogP contribution in [0, 0.1) is 5.95 Å². The molecule has 184 valence electrons. The van der Waals surface area contributed by atoms with Gasteiger partial charge in [0.05, 0.1) is 22.3 Å². The van der Waals surface area contributed by atoms with Crippen molar-refractivity contribution in [1.82, 2.24) is 19.0 Å². The molecule has 0 bridgehead atoms. The fraction of sp³-hybridized carbons (Fsp3) is 0.261. The second-order valence-electron chi connectivity index (χ2n) is 8.66. The highest BCUT2D eigenvalue weighted by atomic mass is 32.2. The van der Waals surface area contributed by atoms with Crippen LogP contribution in [-0.4, -0.2) is 46.1 Å². The van der Waals surface area contributed by atoms with E-state index in [0.717, 1.165) is 15.3 Å². The maximum atomic E-state index is 14.6. The molecule has 0 radical (unpaired) electrons. The predicted molar refractivity (Wildman–Crippen MR) is 128 cm³/mol. The Bertz CT molecular complexity index is 1450. The number of halogens is 1. The zero-order valence-electron chi connectivity index (χ0n) is 19.4. The van der Waals surface area contributed by atoms with Gasteiger partial charge in [0.1, 0.15) is 10.8 Å². The van der Waals surface area contributed by atoms with Crippen LogP contribution < -0.4 is 0 Å². The summed E-state index contributed by atoms with van der Waals surface area (Å²) in [6, 6.07) is 9.08. The summed E-state index contributed by atoms with van der Waals surface area (Å²) in [6.07, 6.45) is 3.48. The zero-order valence-corrected chi connectivity index (χ0v) is 21.1. The number of hydrogen-bond donors (Lipinski definition) is 0. The summed E-state index contributed by atoms with van der Waals surface area (Å²) in [6.45, 7) is 5.36. The average molecular weight is 519 g/mol. The van der Waals surface area contributed by atoms with Crippen LogP contribution in [0.2, 0.25) is 0 Å². The number of ether oxygens (including phenoxy) is 1. The fourth-order valence-electron chi connectivity index (χ4n) is 3.09. The molecule has 35 heavy (non-hydrogen) atoms. The first kappa shape index (κ1) is 24.6. The van der Waals surface area contributed by atoms with Gasteiger partial charge in [0.15, 0.2) is 5.76 Å². The number of amides is 1. The minimum atomic E-state index is -4.13. The lowest BCUT2D eigenvalue weighted by atomic mass is 10.1. The lowest BCUT2D eigenvalue weighted by Gasteiger charge is -2.30. The number of carbonyl (C=O) groups excluding carboxylic acids is 1. The van der Waals surface area contributed by atoms with Crippen molar-refractivity contribution in [3.63, 3.8) is 0 Å². The van der Waals surface area contributed by atoms with Gasteiger partial charge in [-0.2, -0.15) is 12.8 Å². The molecule has 0 aromatic carbocycles. The Morgan fingerprint density at radius 1 is 1.23 bits per heavy atom. The standard InChI is InChI=1S/C23H23FN4O5S2/c1-23(2,3)27(4)22(29)32-14-15-12-17(16-6-5-10-25-21(16)24)28(13-15)35(30,31)20-8-7-19(34-20)18-9-11-26-33-18/h5-13H,14H2,1-4H3. The summed E-state index contributed by atoms with van der Waals surface area (Å²) in [4.78, 5) is 18.0. The van der Waals surface area contributed by atoms with Gasteiger partial charge >= 0.3 is 6.09 Å². The molecule has 0 saturated carbocycles. The highest BCUT2D eigenvalue weighted by Crippen LogP contribution is 2.34. The van der Waals surface area contributed by atoms with Crippen LogP contribution in [-0.2, 0) is 21.4 Å². The Morgan fingerprint density at radius 3 is 2.66 bits per heavy atom. The number of aromatic nitrogens is 3. The third kappa shape index (κ3) is 4.98. The van der Waals surface area contributed by atoms with Crippen molar-refractivity contribution in [3.8, 4) is 21.9 Å². The van der Waals surface area contributed by atoms with Crippen LogP contribution in [0.15, 0.2) is 63.7 Å². The van der Waals surface area contributed by atoms with E-state index in [4.69, 9.17) is 9.26 Å². The van der Waals surface area contributed by atoms with Gasteiger partial charge in [-0.3, -0.25) is 0 Å². The van der Waals surface area contributed by atoms with Gasteiger partial charge < -0.3 is 14.2 Å². The van der Waals surface area contributed by atoms with Crippen molar-refractivity contribution in [1.29, 1.82) is 0 Å². The molecule has 0 saturated heterocycles. The van der Waals surface area contributed by atoms with Crippen molar-refractivity contribution in [2.24, 2.45) is 0 Å². The van der Waals surface area contributed by atoms with E-state index in [2.05, 4.69) is 10.1 Å². The number of carbonyl (C=O) groups is 1. The molecular formula is C23H23FN4O5S2. The van der Waals surface area contributed by atoms with E-state index in [0.29, 0.717) is 16.2 Å². The molecule has 0 aliphatic carbocycles. The molecule has 4 aromatic rings. The van der Waals surface area contributed by atoms with E-state index in [-0.39, 0.29) is 22.1 Å². The first-order valence-electron chi connectivity index (χ1n) is 10.5. The maximum absolute atomic E-state index is 14.6. The van der Waals surface area contributed by atoms with Crippen LogP contribution in [0.3, 0.4) is 0 Å². The summed E-state index contributed by atoms with van der Waals surface area (Å²) < 4.78 is 53.2. The molecule has 4 aromatic heterocycles. The smallest absolute Gasteiger partial charge is 0.410 e. The van der Waals surface area contributed by atoms with Crippen LogP contribution in [0.4, 0.5) is 9.18 Å². The van der Waals surface area contributed by atoms with E-state index in [9.17, 15) is 17.6 Å². The van der Waals surface area contributed by atoms with E-state index in [1.807, 2.05) is 20.8 Å². The number of thiophene rings is 1. The first-order chi connectivity index (χ1) is 16.5. The van der Waals surface area contributed by atoms with Crippen molar-refractivity contribution in [2.75, 3.05) is 7.05 Å². The van der Waals surface area contributed by atoms with E-state index in [1.54, 1.807) is 19.2 Å². The molecule has 0 N–H and O–H groups in total. The highest BCUT2D eigenvalue weighted by Gasteiger charge is 2.27. The topological polar surface area (TPSA) is 108 Å². The Morgan fingerprint density at radius 2 is 2.00 bits per heavy atom. The molecule has 1 amide bonds. The Hall–Kier alpha value is -3.51. The van der Waals surface area contributed by atoms with E-state index < -0.39 is 27.6 Å². The molecule has 0 fully saturated rings. The molecular weight excluding hydrogens is 495 g/mol. The summed E-state index contributed by atoms with van der Waals surface area (Å²) >= 11 is 0.991. The fourth-order valence-corrected chi connectivity index (χ4v) is 5.84. The van der Waals surface area contributed by atoms with Crippen LogP contribution in [0.5, 0.6) is 0 Å². The SMILES string of the molecule is CN(C(=O)OCc1cc(-c2cccnc2F)n(S(=O)(=O)c2ccc(-c3ccno3)s2)c1)C(C)(C)C. The van der Waals surface area contributed by atoms with Crippen molar-refractivity contribution >= 4 is 27.5 Å². The van der Waals surface area contributed by atoms with Gasteiger partial charge in [0, 0.05) is 36.6 Å². The number of hydrogen-bond acceptors (Lipinski definition) is 8. The minimum absolute atomic E-state index is 0.00697. The summed E-state index contributed by atoms with van der Waals surface area (Å²) in [5.74, 6) is -0.398. The Labute approximate surface area is 205 Å². The van der Waals surface area contributed by atoms with Gasteiger partial charge in [0.25, 0.3) is 10.0 Å². The zero-order chi connectivity index (χ0) is 25.4. The third-order valence-corrected chi connectivity index (χ3v) is 8.54. The van der Waals surface area contributed by atoms with E-state index >= 15 is 0 Å². The predicted octanol–water partition coefficient (Wildman–Crippen LogP) is 5.01. The lowest BCUT2D eigenvalue weighted by Crippen LogP contribution is -2.42. The summed E-state index contributed by atoms with van der Waals surface area (Å²) in [5, 5.41) is 3.64. The average Bonchev–Trinajstić information content (AvgIpc) is 3.57. The molecule has 4 heterocycles. The molecule has 0 unspecified atom stereocenters. The third-order valence-electron chi connectivity index (χ3n) is 5.30. The maximum Gasteiger partial charge on any atom is 0.410 e. The van der Waals surface area contributed by atoms with Crippen molar-refractivity contribution < 1.29 is 26.9 Å². The highest BCUT2D eigenvalue weighted by molar-refractivity contribution is 7.92. The number of nitrogens with zero attached hydrogens (tertiary/aromatic N) is 4. The molecule has 4 rings (SSSR count). The first-order valence-corrected chi connectivity index (χ1v) is 12.7. The Balaban J connectivity index is 1.72. The minimum Gasteiger partial charge on any atom is -0.444 e. The second kappa shape index (κ2) is 9.27. The van der Waals surface area contributed by atoms with Crippen molar-refractivity contribution in [3.05, 3.63) is 66.5 Å². The number of pyridine rings is 1. The molecule has 12 heteroatoms. The van der Waals surface area contributed by atoms with E-state index in [1.165, 1.54) is 47.8 Å².